The summed E-state index contributed by atoms with van der Waals surface area (Å²) in [6, 6.07) is 18.4. The average Bonchev–Trinajstić information content (AvgIpc) is 3.18. The summed E-state index contributed by atoms with van der Waals surface area (Å²) in [5.41, 5.74) is 3.63. The number of allylic oxidation sites excluding steroid dienone is 1. The van der Waals surface area contributed by atoms with Crippen LogP contribution in [0.4, 0.5) is 5.69 Å². The van der Waals surface area contributed by atoms with E-state index in [4.69, 9.17) is 0 Å². The van der Waals surface area contributed by atoms with E-state index in [1.807, 2.05) is 30.3 Å². The molecule has 5 rings (SSSR count). The molecule has 2 heterocycles. The van der Waals surface area contributed by atoms with E-state index in [1.54, 1.807) is 6.08 Å². The van der Waals surface area contributed by atoms with Gasteiger partial charge in [0.2, 0.25) is 10.0 Å². The van der Waals surface area contributed by atoms with Crippen LogP contribution in [-0.2, 0) is 26.8 Å². The zero-order valence-electron chi connectivity index (χ0n) is 15.7. The van der Waals surface area contributed by atoms with E-state index in [0.29, 0.717) is 31.6 Å². The van der Waals surface area contributed by atoms with Gasteiger partial charge in [0, 0.05) is 37.0 Å². The summed E-state index contributed by atoms with van der Waals surface area (Å²) in [6.07, 6.45) is 3.91. The van der Waals surface area contributed by atoms with Crippen molar-refractivity contribution in [3.8, 4) is 0 Å². The lowest BCUT2D eigenvalue weighted by atomic mass is 9.69. The number of hydrogen-bond acceptors (Lipinski definition) is 4. The number of nitrogens with zero attached hydrogens (tertiary/aromatic N) is 2. The summed E-state index contributed by atoms with van der Waals surface area (Å²) in [7, 11) is -3.42. The fourth-order valence-corrected chi connectivity index (χ4v) is 6.28. The van der Waals surface area contributed by atoms with E-state index in [2.05, 4.69) is 29.2 Å². The highest BCUT2D eigenvalue weighted by Gasteiger charge is 2.60. The van der Waals surface area contributed by atoms with Crippen LogP contribution >= 0.6 is 0 Å². The van der Waals surface area contributed by atoms with Crippen LogP contribution < -0.4 is 4.90 Å². The molecule has 2 aliphatic heterocycles. The molecule has 0 N–H and O–H groups in total. The molecule has 0 radical (unpaired) electrons. The van der Waals surface area contributed by atoms with Gasteiger partial charge in [-0.25, -0.2) is 8.42 Å². The Bertz CT molecular complexity index is 1090. The minimum absolute atomic E-state index is 0.00274. The number of ketones is 1. The van der Waals surface area contributed by atoms with Crippen molar-refractivity contribution in [2.45, 2.75) is 30.8 Å². The largest absolute Gasteiger partial charge is 0.362 e. The number of fused-ring (bicyclic) bond motifs is 1. The van der Waals surface area contributed by atoms with E-state index < -0.39 is 15.4 Å². The van der Waals surface area contributed by atoms with Crippen LogP contribution in [0.5, 0.6) is 0 Å². The van der Waals surface area contributed by atoms with Gasteiger partial charge in [0.05, 0.1) is 17.7 Å². The quantitative estimate of drug-likeness (QED) is 0.803. The number of anilines is 1. The van der Waals surface area contributed by atoms with E-state index in [0.717, 1.165) is 11.3 Å². The number of benzene rings is 2. The lowest BCUT2D eigenvalue weighted by molar-refractivity contribution is -0.115. The second-order valence-electron chi connectivity index (χ2n) is 7.90. The van der Waals surface area contributed by atoms with Crippen molar-refractivity contribution < 1.29 is 13.2 Å². The summed E-state index contributed by atoms with van der Waals surface area (Å²) in [5, 5.41) is 0. The van der Waals surface area contributed by atoms with Gasteiger partial charge in [-0.3, -0.25) is 9.10 Å². The first kappa shape index (κ1) is 17.5. The molecular formula is C22H22N2O3S. The minimum atomic E-state index is -3.42. The molecule has 0 saturated carbocycles. The number of rotatable bonds is 3. The van der Waals surface area contributed by atoms with Crippen molar-refractivity contribution in [3.63, 3.8) is 0 Å². The first-order valence-electron chi connectivity index (χ1n) is 9.54. The SMILES string of the molecule is CS(=O)(=O)N1CC[C@]23C1=CC(=O)C[C@H]2N(Cc1ccccc1)c1ccccc13. The van der Waals surface area contributed by atoms with Gasteiger partial charge in [-0.2, -0.15) is 0 Å². The normalized spacial score (nSPS) is 26.0. The van der Waals surface area contributed by atoms with Crippen molar-refractivity contribution in [3.05, 3.63) is 77.5 Å². The Morgan fingerprint density at radius 1 is 1.07 bits per heavy atom. The van der Waals surface area contributed by atoms with Crippen LogP contribution in [0.2, 0.25) is 0 Å². The van der Waals surface area contributed by atoms with Crippen LogP contribution in [-0.4, -0.2) is 37.3 Å². The number of sulfonamides is 1. The maximum atomic E-state index is 12.6. The zero-order chi connectivity index (χ0) is 19.5. The number of para-hydroxylation sites is 1. The number of carbonyl (C=O) groups is 1. The maximum Gasteiger partial charge on any atom is 0.232 e. The molecule has 144 valence electrons. The maximum absolute atomic E-state index is 12.6. The third kappa shape index (κ3) is 2.37. The Hall–Kier alpha value is -2.60. The minimum Gasteiger partial charge on any atom is -0.362 e. The second-order valence-corrected chi connectivity index (χ2v) is 9.81. The molecule has 1 aliphatic carbocycles. The number of hydrogen-bond donors (Lipinski definition) is 0. The molecule has 1 fully saturated rings. The smallest absolute Gasteiger partial charge is 0.232 e. The Morgan fingerprint density at radius 3 is 2.54 bits per heavy atom. The first-order valence-corrected chi connectivity index (χ1v) is 11.4. The molecule has 0 amide bonds. The second kappa shape index (κ2) is 5.95. The zero-order valence-corrected chi connectivity index (χ0v) is 16.5. The Balaban J connectivity index is 1.68. The van der Waals surface area contributed by atoms with Crippen LogP contribution in [0.25, 0.3) is 0 Å². The third-order valence-corrected chi connectivity index (χ3v) is 7.54. The van der Waals surface area contributed by atoms with Crippen molar-refractivity contribution in [2.24, 2.45) is 0 Å². The molecule has 0 aromatic heterocycles. The number of carbonyl (C=O) groups excluding carboxylic acids is 1. The van der Waals surface area contributed by atoms with Crippen LogP contribution in [0, 0.1) is 0 Å². The predicted molar refractivity (Wildman–Crippen MR) is 108 cm³/mol. The molecule has 0 unspecified atom stereocenters. The van der Waals surface area contributed by atoms with Gasteiger partial charge >= 0.3 is 0 Å². The van der Waals surface area contributed by atoms with Crippen molar-refractivity contribution in [1.82, 2.24) is 4.31 Å². The van der Waals surface area contributed by atoms with E-state index in [-0.39, 0.29) is 11.8 Å². The van der Waals surface area contributed by atoms with E-state index in [9.17, 15) is 13.2 Å². The molecule has 6 heteroatoms. The van der Waals surface area contributed by atoms with E-state index in [1.165, 1.54) is 16.1 Å². The first-order chi connectivity index (χ1) is 13.4. The van der Waals surface area contributed by atoms with Crippen molar-refractivity contribution >= 4 is 21.5 Å². The van der Waals surface area contributed by atoms with Gasteiger partial charge in [0.15, 0.2) is 5.78 Å². The average molecular weight is 394 g/mol. The molecule has 0 bridgehead atoms. The third-order valence-electron chi connectivity index (χ3n) is 6.36. The fraction of sp³-hybridized carbons (Fsp3) is 0.318. The van der Waals surface area contributed by atoms with Gasteiger partial charge in [-0.05, 0) is 23.6 Å². The molecule has 2 atom stereocenters. The van der Waals surface area contributed by atoms with E-state index >= 15 is 0 Å². The van der Waals surface area contributed by atoms with Gasteiger partial charge < -0.3 is 4.90 Å². The molecule has 2 aromatic rings. The highest BCUT2D eigenvalue weighted by Crippen LogP contribution is 2.58. The summed E-state index contributed by atoms with van der Waals surface area (Å²) in [4.78, 5) is 14.9. The Labute approximate surface area is 165 Å². The molecular weight excluding hydrogens is 372 g/mol. The summed E-state index contributed by atoms with van der Waals surface area (Å²) in [6.45, 7) is 1.12. The van der Waals surface area contributed by atoms with Crippen LogP contribution in [0.1, 0.15) is 24.0 Å². The standard InChI is InChI=1S/C22H22N2O3S/c1-28(26,27)24-12-11-22-18-9-5-6-10-19(18)23(15-16-7-3-2-4-8-16)20(22)13-17(25)14-21(22)24/h2-10,14,20H,11-13,15H2,1H3/t20-,22-/m1/s1. The Kier molecular flexibility index (Phi) is 3.72. The highest BCUT2D eigenvalue weighted by atomic mass is 32.2. The van der Waals surface area contributed by atoms with Gasteiger partial charge in [-0.15, -0.1) is 0 Å². The van der Waals surface area contributed by atoms with Crippen molar-refractivity contribution in [1.29, 1.82) is 0 Å². The summed E-state index contributed by atoms with van der Waals surface area (Å²) >= 11 is 0. The lowest BCUT2D eigenvalue weighted by Gasteiger charge is -2.40. The summed E-state index contributed by atoms with van der Waals surface area (Å²) < 4.78 is 26.3. The molecule has 1 spiro atoms. The van der Waals surface area contributed by atoms with Gasteiger partial charge in [-0.1, -0.05) is 48.5 Å². The molecule has 5 nitrogen and oxygen atoms in total. The molecule has 1 saturated heterocycles. The van der Waals surface area contributed by atoms with Crippen LogP contribution in [0.3, 0.4) is 0 Å². The molecule has 28 heavy (non-hydrogen) atoms. The van der Waals surface area contributed by atoms with Crippen molar-refractivity contribution in [2.75, 3.05) is 17.7 Å². The highest BCUT2D eigenvalue weighted by molar-refractivity contribution is 7.88. The lowest BCUT2D eigenvalue weighted by Crippen LogP contribution is -2.49. The van der Waals surface area contributed by atoms with Gasteiger partial charge in [0.1, 0.15) is 0 Å². The molecule has 3 aliphatic rings. The van der Waals surface area contributed by atoms with Crippen LogP contribution in [0.15, 0.2) is 66.4 Å². The summed E-state index contributed by atoms with van der Waals surface area (Å²) in [5.74, 6) is -0.00274. The molecule has 2 aromatic carbocycles. The van der Waals surface area contributed by atoms with Gasteiger partial charge in [0.25, 0.3) is 0 Å². The topological polar surface area (TPSA) is 57.7 Å². The monoisotopic (exact) mass is 394 g/mol. The fourth-order valence-electron chi connectivity index (χ4n) is 5.28. The predicted octanol–water partition coefficient (Wildman–Crippen LogP) is 2.84. The Morgan fingerprint density at radius 2 is 1.79 bits per heavy atom.